The van der Waals surface area contributed by atoms with Gasteiger partial charge in [-0.1, -0.05) is 0 Å². The lowest BCUT2D eigenvalue weighted by atomic mass is 10.2. The number of amides is 2. The molecule has 7 nitrogen and oxygen atoms in total. The second-order valence-electron chi connectivity index (χ2n) is 4.80. The Hall–Kier alpha value is -2.83. The highest BCUT2D eigenvalue weighted by Gasteiger charge is 2.15. The molecule has 2 aromatic rings. The molecule has 1 aromatic heterocycles. The maximum atomic E-state index is 12.1. The van der Waals surface area contributed by atoms with Crippen LogP contribution in [-0.4, -0.2) is 40.6 Å². The number of hydrogen-bond donors (Lipinski definition) is 2. The van der Waals surface area contributed by atoms with Gasteiger partial charge in [0.15, 0.2) is 0 Å². The molecule has 0 aliphatic carbocycles. The van der Waals surface area contributed by atoms with Crippen LogP contribution in [0.4, 0.5) is 11.4 Å². The third-order valence-electron chi connectivity index (χ3n) is 2.98. The van der Waals surface area contributed by atoms with E-state index in [4.69, 9.17) is 5.73 Å². The summed E-state index contributed by atoms with van der Waals surface area (Å²) in [6.07, 6.45) is 1.42. The molecule has 1 aromatic carbocycles. The number of nitrogens with two attached hydrogens (primary N) is 1. The molecule has 0 fully saturated rings. The van der Waals surface area contributed by atoms with E-state index in [1.165, 1.54) is 15.8 Å². The Morgan fingerprint density at radius 1 is 1.24 bits per heavy atom. The first kappa shape index (κ1) is 14.6. The highest BCUT2D eigenvalue weighted by Crippen LogP contribution is 2.15. The van der Waals surface area contributed by atoms with Crippen molar-refractivity contribution in [3.05, 3.63) is 41.7 Å². The van der Waals surface area contributed by atoms with Crippen molar-refractivity contribution >= 4 is 23.2 Å². The van der Waals surface area contributed by atoms with Crippen molar-refractivity contribution in [3.8, 4) is 0 Å². The van der Waals surface area contributed by atoms with Gasteiger partial charge in [0.2, 0.25) is 0 Å². The van der Waals surface area contributed by atoms with E-state index in [-0.39, 0.29) is 11.8 Å². The third-order valence-corrected chi connectivity index (χ3v) is 2.98. The predicted octanol–water partition coefficient (Wildman–Crippen LogP) is 0.956. The Labute approximate surface area is 122 Å². The zero-order chi connectivity index (χ0) is 15.6. The Morgan fingerprint density at radius 2 is 1.86 bits per heavy atom. The number of nitrogens with one attached hydrogen (secondary N) is 1. The summed E-state index contributed by atoms with van der Waals surface area (Å²) in [5, 5.41) is 6.63. The molecule has 21 heavy (non-hydrogen) atoms. The summed E-state index contributed by atoms with van der Waals surface area (Å²) in [7, 11) is 5.01. The molecule has 0 aliphatic rings. The fourth-order valence-electron chi connectivity index (χ4n) is 1.88. The minimum Gasteiger partial charge on any atom is -0.396 e. The minimum atomic E-state index is -0.348. The van der Waals surface area contributed by atoms with Crippen LogP contribution in [0.25, 0.3) is 0 Å². The van der Waals surface area contributed by atoms with Crippen LogP contribution in [0, 0.1) is 0 Å². The topological polar surface area (TPSA) is 93.2 Å². The number of hydrogen-bond acceptors (Lipinski definition) is 4. The number of carbonyl (C=O) groups is 2. The second-order valence-corrected chi connectivity index (χ2v) is 4.80. The van der Waals surface area contributed by atoms with Gasteiger partial charge in [-0.3, -0.25) is 14.3 Å². The van der Waals surface area contributed by atoms with Crippen molar-refractivity contribution in [1.29, 1.82) is 0 Å². The molecule has 0 saturated heterocycles. The molecule has 0 unspecified atom stereocenters. The van der Waals surface area contributed by atoms with Crippen molar-refractivity contribution in [3.63, 3.8) is 0 Å². The van der Waals surface area contributed by atoms with Crippen LogP contribution in [-0.2, 0) is 7.05 Å². The molecule has 2 amide bonds. The molecular formula is C14H17N5O2. The van der Waals surface area contributed by atoms with E-state index in [1.54, 1.807) is 45.4 Å². The lowest BCUT2D eigenvalue weighted by Crippen LogP contribution is -2.21. The van der Waals surface area contributed by atoms with Crippen molar-refractivity contribution in [2.45, 2.75) is 0 Å². The Bertz CT molecular complexity index is 654. The van der Waals surface area contributed by atoms with Crippen molar-refractivity contribution in [2.24, 2.45) is 7.05 Å². The van der Waals surface area contributed by atoms with Crippen LogP contribution in [0.3, 0.4) is 0 Å². The van der Waals surface area contributed by atoms with Crippen LogP contribution >= 0.6 is 0 Å². The van der Waals surface area contributed by atoms with Gasteiger partial charge in [-0.15, -0.1) is 0 Å². The Kier molecular flexibility index (Phi) is 3.93. The number of nitrogens with zero attached hydrogens (tertiary/aromatic N) is 3. The number of carbonyl (C=O) groups excluding carboxylic acids is 2. The molecule has 0 spiro atoms. The van der Waals surface area contributed by atoms with Crippen molar-refractivity contribution < 1.29 is 9.59 Å². The molecule has 1 heterocycles. The number of aryl methyl sites for hydroxylation is 1. The molecular weight excluding hydrogens is 270 g/mol. The summed E-state index contributed by atoms with van der Waals surface area (Å²) >= 11 is 0. The van der Waals surface area contributed by atoms with E-state index >= 15 is 0 Å². The molecule has 0 bridgehead atoms. The second kappa shape index (κ2) is 5.66. The number of nitrogen functional groups attached to an aromatic ring is 1. The molecule has 0 saturated carbocycles. The maximum Gasteiger partial charge on any atom is 0.276 e. The smallest absolute Gasteiger partial charge is 0.276 e. The van der Waals surface area contributed by atoms with Gasteiger partial charge in [0, 0.05) is 32.4 Å². The van der Waals surface area contributed by atoms with Crippen LogP contribution in [0.15, 0.2) is 30.5 Å². The SMILES string of the molecule is CN(C)C(=O)c1ccc(NC(=O)c2c(N)cnn2C)cc1. The van der Waals surface area contributed by atoms with E-state index in [1.807, 2.05) is 0 Å². The fourth-order valence-corrected chi connectivity index (χ4v) is 1.88. The van der Waals surface area contributed by atoms with E-state index in [2.05, 4.69) is 10.4 Å². The van der Waals surface area contributed by atoms with Crippen LogP contribution in [0.1, 0.15) is 20.8 Å². The van der Waals surface area contributed by atoms with Gasteiger partial charge in [-0.2, -0.15) is 5.10 Å². The molecule has 2 rings (SSSR count). The monoisotopic (exact) mass is 287 g/mol. The average molecular weight is 287 g/mol. The molecule has 0 radical (unpaired) electrons. The molecule has 0 atom stereocenters. The predicted molar refractivity (Wildman–Crippen MR) is 80.0 cm³/mol. The van der Waals surface area contributed by atoms with Gasteiger partial charge in [-0.25, -0.2) is 0 Å². The highest BCUT2D eigenvalue weighted by atomic mass is 16.2. The number of aromatic nitrogens is 2. The number of anilines is 2. The quantitative estimate of drug-likeness (QED) is 0.879. The van der Waals surface area contributed by atoms with E-state index in [9.17, 15) is 9.59 Å². The first-order valence-electron chi connectivity index (χ1n) is 6.30. The molecule has 0 aliphatic heterocycles. The maximum absolute atomic E-state index is 12.1. The van der Waals surface area contributed by atoms with E-state index in [0.29, 0.717) is 22.6 Å². The van der Waals surface area contributed by atoms with Gasteiger partial charge in [0.05, 0.1) is 11.9 Å². The molecule has 3 N–H and O–H groups in total. The summed E-state index contributed by atoms with van der Waals surface area (Å²) in [6.45, 7) is 0. The van der Waals surface area contributed by atoms with Gasteiger partial charge < -0.3 is 16.0 Å². The van der Waals surface area contributed by atoms with Gasteiger partial charge >= 0.3 is 0 Å². The summed E-state index contributed by atoms with van der Waals surface area (Å²) in [6, 6.07) is 6.65. The van der Waals surface area contributed by atoms with Crippen LogP contribution < -0.4 is 11.1 Å². The van der Waals surface area contributed by atoms with Gasteiger partial charge in [0.1, 0.15) is 5.69 Å². The normalized spacial score (nSPS) is 10.2. The largest absolute Gasteiger partial charge is 0.396 e. The first-order chi connectivity index (χ1) is 9.90. The lowest BCUT2D eigenvalue weighted by Gasteiger charge is -2.11. The van der Waals surface area contributed by atoms with Crippen molar-refractivity contribution in [1.82, 2.24) is 14.7 Å². The lowest BCUT2D eigenvalue weighted by molar-refractivity contribution is 0.0827. The van der Waals surface area contributed by atoms with Crippen LogP contribution in [0.5, 0.6) is 0 Å². The number of benzene rings is 1. The highest BCUT2D eigenvalue weighted by molar-refractivity contribution is 6.06. The summed E-state index contributed by atoms with van der Waals surface area (Å²) in [4.78, 5) is 25.4. The third kappa shape index (κ3) is 3.02. The minimum absolute atomic E-state index is 0.0937. The van der Waals surface area contributed by atoms with Gasteiger partial charge in [-0.05, 0) is 24.3 Å². The fraction of sp³-hybridized carbons (Fsp3) is 0.214. The summed E-state index contributed by atoms with van der Waals surface area (Å²) < 4.78 is 1.41. The Balaban J connectivity index is 2.14. The average Bonchev–Trinajstić information content (AvgIpc) is 2.78. The number of rotatable bonds is 3. The zero-order valence-electron chi connectivity index (χ0n) is 12.1. The first-order valence-corrected chi connectivity index (χ1v) is 6.30. The zero-order valence-corrected chi connectivity index (χ0v) is 12.1. The summed E-state index contributed by atoms with van der Waals surface area (Å²) in [5.41, 5.74) is 7.44. The summed E-state index contributed by atoms with van der Waals surface area (Å²) in [5.74, 6) is -0.442. The van der Waals surface area contributed by atoms with Crippen LogP contribution in [0.2, 0.25) is 0 Å². The van der Waals surface area contributed by atoms with E-state index in [0.717, 1.165) is 0 Å². The van der Waals surface area contributed by atoms with Gasteiger partial charge in [0.25, 0.3) is 11.8 Å². The van der Waals surface area contributed by atoms with Crippen molar-refractivity contribution in [2.75, 3.05) is 25.1 Å². The van der Waals surface area contributed by atoms with E-state index < -0.39 is 0 Å². The standard InChI is InChI=1S/C14H17N5O2/c1-18(2)14(21)9-4-6-10(7-5-9)17-13(20)12-11(15)8-16-19(12)3/h4-8H,15H2,1-3H3,(H,17,20). The molecule has 110 valence electrons. The Morgan fingerprint density at radius 3 is 2.33 bits per heavy atom. The molecule has 7 heteroatoms.